The van der Waals surface area contributed by atoms with Gasteiger partial charge in [0, 0.05) is 0 Å². The molecule has 0 aliphatic rings. The second kappa shape index (κ2) is 8.62. The second-order valence-electron chi connectivity index (χ2n) is 6.97. The molecule has 7 heteroatoms. The summed E-state index contributed by atoms with van der Waals surface area (Å²) < 4.78 is 13.4. The van der Waals surface area contributed by atoms with E-state index in [2.05, 4.69) is 15.9 Å². The number of carbonyl (C=O) groups excluding carboxylic acids is 2. The topological polar surface area (TPSA) is 57.5 Å². The van der Waals surface area contributed by atoms with Crippen molar-refractivity contribution in [2.75, 3.05) is 6.61 Å². The molecule has 1 radical (unpaired) electrons. The summed E-state index contributed by atoms with van der Waals surface area (Å²) in [6.45, 7) is 9.72. The Morgan fingerprint density at radius 2 is 2.00 bits per heavy atom. The molecule has 1 aromatic heterocycles. The molecule has 26 heavy (non-hydrogen) atoms. The number of halogens is 1. The van der Waals surface area contributed by atoms with Crippen LogP contribution in [0.25, 0.3) is 10.9 Å². The van der Waals surface area contributed by atoms with Crippen LogP contribution in [0.5, 0.6) is 0 Å². The monoisotopic (exact) mass is 484 g/mol. The fourth-order valence-corrected chi connectivity index (χ4v) is 5.13. The van der Waals surface area contributed by atoms with Crippen LogP contribution in [0.15, 0.2) is 28.7 Å². The van der Waals surface area contributed by atoms with Crippen molar-refractivity contribution >= 4 is 53.3 Å². The molecule has 0 amide bonds. The van der Waals surface area contributed by atoms with Gasteiger partial charge in [-0.1, -0.05) is 0 Å². The number of aromatic nitrogens is 1. The van der Waals surface area contributed by atoms with Crippen LogP contribution in [-0.2, 0) is 9.47 Å². The molecule has 5 nitrogen and oxygen atoms in total. The molecule has 1 aromatic carbocycles. The molecule has 0 bridgehead atoms. The van der Waals surface area contributed by atoms with Gasteiger partial charge in [-0.15, -0.1) is 0 Å². The molecule has 2 aromatic rings. The number of nitrogens with zero attached hydrogens (tertiary/aromatic N) is 1. The molecule has 0 saturated carbocycles. The Bertz CT molecular complexity index is 810. The SMILES string of the molecule is CCOC(=O)c1cc2cccc(Br)c2n1[C@H](C)C[As]C(=O)OC(C)(C)C. The minimum absolute atomic E-state index is 0.0295. The Labute approximate surface area is 169 Å². The van der Waals surface area contributed by atoms with Crippen molar-refractivity contribution in [1.82, 2.24) is 4.57 Å². The quantitative estimate of drug-likeness (QED) is 0.417. The van der Waals surface area contributed by atoms with Gasteiger partial charge in [-0.2, -0.15) is 0 Å². The molecule has 0 saturated heterocycles. The van der Waals surface area contributed by atoms with Crippen molar-refractivity contribution < 1.29 is 19.1 Å². The molecule has 0 aliphatic carbocycles. The van der Waals surface area contributed by atoms with Gasteiger partial charge in [0.25, 0.3) is 0 Å². The normalized spacial score (nSPS) is 13.3. The third kappa shape index (κ3) is 5.14. The van der Waals surface area contributed by atoms with Crippen LogP contribution in [0, 0.1) is 0 Å². The molecule has 0 unspecified atom stereocenters. The molecule has 2 rings (SSSR count). The van der Waals surface area contributed by atoms with Gasteiger partial charge in [0.2, 0.25) is 0 Å². The van der Waals surface area contributed by atoms with Crippen LogP contribution < -0.4 is 0 Å². The van der Waals surface area contributed by atoms with Gasteiger partial charge < -0.3 is 0 Å². The first-order valence-electron chi connectivity index (χ1n) is 8.51. The van der Waals surface area contributed by atoms with Crippen molar-refractivity contribution in [3.8, 4) is 0 Å². The Kier molecular flexibility index (Phi) is 6.98. The third-order valence-corrected chi connectivity index (χ3v) is 6.48. The summed E-state index contributed by atoms with van der Waals surface area (Å²) in [6.07, 6.45) is 0. The van der Waals surface area contributed by atoms with Crippen LogP contribution >= 0.6 is 15.9 Å². The Morgan fingerprint density at radius 1 is 1.31 bits per heavy atom. The summed E-state index contributed by atoms with van der Waals surface area (Å²) in [6, 6.07) is 7.66. The molecule has 1 heterocycles. The average molecular weight is 485 g/mol. The summed E-state index contributed by atoms with van der Waals surface area (Å²) >= 11 is 2.93. The van der Waals surface area contributed by atoms with Crippen LogP contribution in [0.1, 0.15) is 51.1 Å². The van der Waals surface area contributed by atoms with E-state index >= 15 is 0 Å². The van der Waals surface area contributed by atoms with Crippen LogP contribution in [0.2, 0.25) is 5.21 Å². The predicted molar refractivity (Wildman–Crippen MR) is 107 cm³/mol. The van der Waals surface area contributed by atoms with Gasteiger partial charge in [-0.3, -0.25) is 0 Å². The van der Waals surface area contributed by atoms with Crippen LogP contribution in [0.4, 0.5) is 4.79 Å². The van der Waals surface area contributed by atoms with Gasteiger partial charge in [0.1, 0.15) is 0 Å². The van der Waals surface area contributed by atoms with Crippen molar-refractivity contribution in [3.05, 3.63) is 34.4 Å². The third-order valence-electron chi connectivity index (χ3n) is 3.61. The Balaban J connectivity index is 2.32. The molecule has 0 spiro atoms. The Hall–Kier alpha value is -1.26. The molecule has 1 atom stereocenters. The van der Waals surface area contributed by atoms with Crippen LogP contribution in [0.3, 0.4) is 0 Å². The number of para-hydroxylation sites is 1. The van der Waals surface area contributed by atoms with E-state index in [4.69, 9.17) is 9.47 Å². The average Bonchev–Trinajstić information content (AvgIpc) is 2.92. The fourth-order valence-electron chi connectivity index (χ4n) is 2.64. The number of hydrogen-bond acceptors (Lipinski definition) is 4. The van der Waals surface area contributed by atoms with Crippen molar-refractivity contribution in [2.24, 2.45) is 0 Å². The standard InChI is InChI=1S/C19H24AsBrNO4/c1-6-25-17(23)15-10-13-8-7-9-14(21)16(13)22(15)12(2)11-20-18(24)26-19(3,4)5/h7-10,12H,6,11H2,1-5H3/t12-/m1/s1. The van der Waals surface area contributed by atoms with Gasteiger partial charge >= 0.3 is 169 Å². The number of fused-ring (bicyclic) bond motifs is 1. The molecular weight excluding hydrogens is 461 g/mol. The summed E-state index contributed by atoms with van der Waals surface area (Å²) in [5, 5.41) is 1.62. The molecule has 0 fully saturated rings. The number of ether oxygens (including phenoxy) is 2. The number of esters is 1. The van der Waals surface area contributed by atoms with Crippen LogP contribution in [-0.4, -0.2) is 43.3 Å². The number of carbonyl (C=O) groups is 2. The minimum atomic E-state index is -0.647. The van der Waals surface area contributed by atoms with Crippen molar-refractivity contribution in [1.29, 1.82) is 0 Å². The molecular formula is C19H24AsBrNO4. The molecule has 141 valence electrons. The van der Waals surface area contributed by atoms with Gasteiger partial charge in [-0.05, 0) is 0 Å². The summed E-state index contributed by atoms with van der Waals surface area (Å²) in [5.41, 5.74) is 0.968. The van der Waals surface area contributed by atoms with E-state index in [-0.39, 0.29) is 16.8 Å². The van der Waals surface area contributed by atoms with Gasteiger partial charge in [-0.25, -0.2) is 0 Å². The van der Waals surface area contributed by atoms with Crippen molar-refractivity contribution in [3.63, 3.8) is 0 Å². The summed E-state index contributed by atoms with van der Waals surface area (Å²) in [5.74, 6) is -0.351. The van der Waals surface area contributed by atoms with Crippen molar-refractivity contribution in [2.45, 2.75) is 51.5 Å². The summed E-state index contributed by atoms with van der Waals surface area (Å²) in [4.78, 5) is 24.5. The maximum absolute atomic E-state index is 12.4. The van der Waals surface area contributed by atoms with Gasteiger partial charge in [0.05, 0.1) is 0 Å². The summed E-state index contributed by atoms with van der Waals surface area (Å²) in [7, 11) is 0. The first-order valence-corrected chi connectivity index (χ1v) is 11.6. The Morgan fingerprint density at radius 3 is 2.62 bits per heavy atom. The van der Waals surface area contributed by atoms with Gasteiger partial charge in [0.15, 0.2) is 0 Å². The zero-order valence-electron chi connectivity index (χ0n) is 15.7. The zero-order chi connectivity index (χ0) is 19.5. The van der Waals surface area contributed by atoms with E-state index in [9.17, 15) is 9.59 Å². The van der Waals surface area contributed by atoms with E-state index in [1.807, 2.05) is 56.5 Å². The van der Waals surface area contributed by atoms with E-state index < -0.39 is 21.4 Å². The van der Waals surface area contributed by atoms with E-state index in [1.165, 1.54) is 0 Å². The number of rotatable bonds is 6. The fraction of sp³-hybridized carbons (Fsp3) is 0.474. The first kappa shape index (κ1) is 21.0. The number of benzene rings is 1. The van der Waals surface area contributed by atoms with E-state index in [1.54, 1.807) is 6.92 Å². The van der Waals surface area contributed by atoms with E-state index in [0.717, 1.165) is 15.4 Å². The first-order chi connectivity index (χ1) is 12.1. The molecule has 0 aliphatic heterocycles. The van der Waals surface area contributed by atoms with E-state index in [0.29, 0.717) is 17.5 Å². The zero-order valence-corrected chi connectivity index (χ0v) is 19.2. The maximum atomic E-state index is 12.4. The molecule has 0 N–H and O–H groups in total. The number of hydrogen-bond donors (Lipinski definition) is 0. The second-order valence-corrected chi connectivity index (χ2v) is 10.0. The predicted octanol–water partition coefficient (Wildman–Crippen LogP) is 5.20.